The summed E-state index contributed by atoms with van der Waals surface area (Å²) in [5, 5.41) is 9.64. The van der Waals surface area contributed by atoms with Crippen LogP contribution in [0.4, 0.5) is 9.18 Å². The summed E-state index contributed by atoms with van der Waals surface area (Å²) in [7, 11) is 0. The number of carboxylic acids is 1. The maximum Gasteiger partial charge on any atom is 0.410 e. The van der Waals surface area contributed by atoms with Gasteiger partial charge in [0, 0.05) is 13.1 Å². The van der Waals surface area contributed by atoms with Gasteiger partial charge in [-0.15, -0.1) is 0 Å². The summed E-state index contributed by atoms with van der Waals surface area (Å²) in [5.41, 5.74) is -0.335. The van der Waals surface area contributed by atoms with E-state index in [1.54, 1.807) is 12.1 Å². The van der Waals surface area contributed by atoms with Crippen LogP contribution in [0.1, 0.15) is 18.4 Å². The molecule has 0 bridgehead atoms. The molecule has 0 aliphatic carbocycles. The first kappa shape index (κ1) is 17.0. The quantitative estimate of drug-likeness (QED) is 0.847. The first-order chi connectivity index (χ1) is 11.0. The largest absolute Gasteiger partial charge is 0.481 e. The molecule has 1 aliphatic heterocycles. The molecule has 0 spiro atoms. The third kappa shape index (κ3) is 4.09. The standard InChI is InChI=1S/C17H20FNO4/c1-2-10-23-16(22)19-8-6-17(7-9-19,15(20)21)12-13-4-3-5-14(18)11-13/h2-5,11H,1,6-10,12H2,(H,20,21). The Hall–Kier alpha value is -2.37. The first-order valence-corrected chi connectivity index (χ1v) is 7.47. The topological polar surface area (TPSA) is 66.8 Å². The van der Waals surface area contributed by atoms with E-state index >= 15 is 0 Å². The van der Waals surface area contributed by atoms with Crippen LogP contribution in [0.5, 0.6) is 0 Å². The van der Waals surface area contributed by atoms with Crippen LogP contribution in [0.3, 0.4) is 0 Å². The van der Waals surface area contributed by atoms with E-state index in [9.17, 15) is 19.1 Å². The lowest BCUT2D eigenvalue weighted by atomic mass is 9.74. The Bertz CT molecular complexity index is 594. The molecule has 1 aromatic rings. The van der Waals surface area contributed by atoms with Crippen LogP contribution in [-0.2, 0) is 16.0 Å². The third-order valence-corrected chi connectivity index (χ3v) is 4.19. The Kier molecular flexibility index (Phi) is 5.36. The number of likely N-dealkylation sites (tertiary alicyclic amines) is 1. The van der Waals surface area contributed by atoms with Gasteiger partial charge in [-0.2, -0.15) is 0 Å². The molecule has 2 rings (SSSR count). The van der Waals surface area contributed by atoms with Gasteiger partial charge >= 0.3 is 12.1 Å². The van der Waals surface area contributed by atoms with Gasteiger partial charge in [-0.1, -0.05) is 24.8 Å². The average Bonchev–Trinajstić information content (AvgIpc) is 2.53. The second-order valence-electron chi connectivity index (χ2n) is 5.74. The highest BCUT2D eigenvalue weighted by Gasteiger charge is 2.42. The van der Waals surface area contributed by atoms with E-state index in [-0.39, 0.29) is 18.8 Å². The third-order valence-electron chi connectivity index (χ3n) is 4.19. The molecule has 124 valence electrons. The molecule has 1 N–H and O–H groups in total. The van der Waals surface area contributed by atoms with Gasteiger partial charge in [0.05, 0.1) is 5.41 Å². The maximum atomic E-state index is 13.3. The number of carbonyl (C=O) groups is 2. The Labute approximate surface area is 134 Å². The van der Waals surface area contributed by atoms with Crippen LogP contribution in [0, 0.1) is 11.2 Å². The van der Waals surface area contributed by atoms with Crippen molar-refractivity contribution in [2.75, 3.05) is 19.7 Å². The number of carbonyl (C=O) groups excluding carboxylic acids is 1. The molecule has 1 fully saturated rings. The van der Waals surface area contributed by atoms with Crippen LogP contribution in [0.15, 0.2) is 36.9 Å². The summed E-state index contributed by atoms with van der Waals surface area (Å²) >= 11 is 0. The van der Waals surface area contributed by atoms with Gasteiger partial charge < -0.3 is 14.7 Å². The van der Waals surface area contributed by atoms with Crippen LogP contribution >= 0.6 is 0 Å². The maximum absolute atomic E-state index is 13.3. The van der Waals surface area contributed by atoms with Crippen LogP contribution in [-0.4, -0.2) is 41.8 Å². The minimum absolute atomic E-state index is 0.128. The molecular weight excluding hydrogens is 301 g/mol. The second-order valence-corrected chi connectivity index (χ2v) is 5.74. The zero-order valence-corrected chi connectivity index (χ0v) is 12.8. The molecule has 6 heteroatoms. The van der Waals surface area contributed by atoms with Crippen molar-refractivity contribution in [3.8, 4) is 0 Å². The van der Waals surface area contributed by atoms with E-state index in [0.29, 0.717) is 31.5 Å². The fourth-order valence-electron chi connectivity index (χ4n) is 2.84. The van der Waals surface area contributed by atoms with Crippen molar-refractivity contribution in [1.82, 2.24) is 4.90 Å². The zero-order chi connectivity index (χ0) is 16.9. The van der Waals surface area contributed by atoms with E-state index in [0.717, 1.165) is 0 Å². The van der Waals surface area contributed by atoms with Crippen molar-refractivity contribution in [2.45, 2.75) is 19.3 Å². The number of piperidine rings is 1. The Balaban J connectivity index is 2.05. The highest BCUT2D eigenvalue weighted by atomic mass is 19.1. The summed E-state index contributed by atoms with van der Waals surface area (Å²) in [6.45, 7) is 4.21. The smallest absolute Gasteiger partial charge is 0.410 e. The predicted octanol–water partition coefficient (Wildman–Crippen LogP) is 2.86. The van der Waals surface area contributed by atoms with Gasteiger partial charge in [-0.05, 0) is 37.0 Å². The van der Waals surface area contributed by atoms with Gasteiger partial charge in [0.15, 0.2) is 0 Å². The monoisotopic (exact) mass is 321 g/mol. The molecule has 0 saturated carbocycles. The minimum atomic E-state index is -0.983. The lowest BCUT2D eigenvalue weighted by Gasteiger charge is -2.38. The van der Waals surface area contributed by atoms with E-state index in [1.165, 1.54) is 23.1 Å². The predicted molar refractivity (Wildman–Crippen MR) is 82.5 cm³/mol. The first-order valence-electron chi connectivity index (χ1n) is 7.47. The van der Waals surface area contributed by atoms with E-state index in [4.69, 9.17) is 4.74 Å². The van der Waals surface area contributed by atoms with Gasteiger partial charge in [0.2, 0.25) is 0 Å². The zero-order valence-electron chi connectivity index (χ0n) is 12.8. The van der Waals surface area contributed by atoms with E-state index in [1.807, 2.05) is 0 Å². The van der Waals surface area contributed by atoms with Crippen molar-refractivity contribution >= 4 is 12.1 Å². The summed E-state index contributed by atoms with van der Waals surface area (Å²) in [6.07, 6.45) is 1.88. The molecule has 1 aromatic carbocycles. The number of rotatable bonds is 5. The SMILES string of the molecule is C=CCOC(=O)N1CCC(Cc2cccc(F)c2)(C(=O)O)CC1. The summed E-state index contributed by atoms with van der Waals surface area (Å²) in [5.74, 6) is -1.30. The fourth-order valence-corrected chi connectivity index (χ4v) is 2.84. The van der Waals surface area contributed by atoms with Crippen LogP contribution < -0.4 is 0 Å². The number of aliphatic carboxylic acids is 1. The van der Waals surface area contributed by atoms with Gasteiger partial charge in [0.25, 0.3) is 0 Å². The van der Waals surface area contributed by atoms with Crippen molar-refractivity contribution in [2.24, 2.45) is 5.41 Å². The van der Waals surface area contributed by atoms with Crippen molar-refractivity contribution in [3.05, 3.63) is 48.3 Å². The number of benzene rings is 1. The van der Waals surface area contributed by atoms with Crippen LogP contribution in [0.2, 0.25) is 0 Å². The minimum Gasteiger partial charge on any atom is -0.481 e. The normalized spacial score (nSPS) is 16.7. The van der Waals surface area contributed by atoms with Gasteiger partial charge in [-0.3, -0.25) is 4.79 Å². The number of amides is 1. The van der Waals surface area contributed by atoms with Gasteiger partial charge in [-0.25, -0.2) is 9.18 Å². The number of hydrogen-bond acceptors (Lipinski definition) is 3. The second kappa shape index (κ2) is 7.26. The van der Waals surface area contributed by atoms with E-state index < -0.39 is 17.5 Å². The number of halogens is 1. The molecule has 0 aromatic heterocycles. The molecule has 1 heterocycles. The average molecular weight is 321 g/mol. The molecule has 5 nitrogen and oxygen atoms in total. The number of carboxylic acid groups (broad SMARTS) is 1. The Morgan fingerprint density at radius 3 is 2.65 bits per heavy atom. The number of hydrogen-bond donors (Lipinski definition) is 1. The molecule has 1 saturated heterocycles. The highest BCUT2D eigenvalue weighted by molar-refractivity contribution is 5.76. The lowest BCUT2D eigenvalue weighted by Crippen LogP contribution is -2.47. The Morgan fingerprint density at radius 1 is 1.39 bits per heavy atom. The molecule has 0 radical (unpaired) electrons. The van der Waals surface area contributed by atoms with Crippen molar-refractivity contribution < 1.29 is 23.8 Å². The molecular formula is C17H20FNO4. The Morgan fingerprint density at radius 2 is 2.09 bits per heavy atom. The summed E-state index contributed by atoms with van der Waals surface area (Å²) in [4.78, 5) is 25.1. The van der Waals surface area contributed by atoms with Crippen LogP contribution in [0.25, 0.3) is 0 Å². The number of nitrogens with zero attached hydrogens (tertiary/aromatic N) is 1. The van der Waals surface area contributed by atoms with Crippen molar-refractivity contribution in [1.29, 1.82) is 0 Å². The molecule has 0 atom stereocenters. The molecule has 0 unspecified atom stereocenters. The van der Waals surface area contributed by atoms with Gasteiger partial charge in [0.1, 0.15) is 12.4 Å². The summed E-state index contributed by atoms with van der Waals surface area (Å²) < 4.78 is 18.3. The molecule has 1 aliphatic rings. The lowest BCUT2D eigenvalue weighted by molar-refractivity contribution is -0.151. The molecule has 23 heavy (non-hydrogen) atoms. The highest BCUT2D eigenvalue weighted by Crippen LogP contribution is 2.36. The molecule has 1 amide bonds. The number of ether oxygens (including phenoxy) is 1. The summed E-state index contributed by atoms with van der Waals surface area (Å²) in [6, 6.07) is 5.98. The van der Waals surface area contributed by atoms with E-state index in [2.05, 4.69) is 6.58 Å². The van der Waals surface area contributed by atoms with Crippen molar-refractivity contribution in [3.63, 3.8) is 0 Å². The fraction of sp³-hybridized carbons (Fsp3) is 0.412.